The van der Waals surface area contributed by atoms with Gasteiger partial charge in [-0.15, -0.1) is 0 Å². The molecule has 0 atom stereocenters. The van der Waals surface area contributed by atoms with Crippen LogP contribution in [-0.4, -0.2) is 41.5 Å². The summed E-state index contributed by atoms with van der Waals surface area (Å²) >= 11 is 0. The highest BCUT2D eigenvalue weighted by Gasteiger charge is 2.12. The molecule has 0 unspecified atom stereocenters. The molecule has 0 bridgehead atoms. The molecule has 0 aliphatic rings. The van der Waals surface area contributed by atoms with Crippen LogP contribution in [0.15, 0.2) is 54.7 Å². The second kappa shape index (κ2) is 8.99. The molecule has 0 spiro atoms. The van der Waals surface area contributed by atoms with Gasteiger partial charge in [0.2, 0.25) is 5.91 Å². The lowest BCUT2D eigenvalue weighted by atomic mass is 10.2. The molecule has 0 N–H and O–H groups in total. The SMILES string of the molecule is CCN(Cc1ccc(OC)c(OC)c1)C(=O)/C=C/c1cnc2ccccc2n1. The number of para-hydroxylation sites is 2. The number of rotatable bonds is 7. The second-order valence-electron chi connectivity index (χ2n) is 6.16. The fourth-order valence-corrected chi connectivity index (χ4v) is 2.86. The molecule has 0 saturated heterocycles. The maximum atomic E-state index is 12.6. The number of hydrogen-bond acceptors (Lipinski definition) is 5. The van der Waals surface area contributed by atoms with Gasteiger partial charge in [-0.25, -0.2) is 4.98 Å². The van der Waals surface area contributed by atoms with Gasteiger partial charge in [0.25, 0.3) is 0 Å². The molecule has 0 fully saturated rings. The number of ether oxygens (including phenoxy) is 2. The van der Waals surface area contributed by atoms with Gasteiger partial charge in [-0.05, 0) is 42.8 Å². The Balaban J connectivity index is 1.72. The zero-order valence-corrected chi connectivity index (χ0v) is 16.3. The summed E-state index contributed by atoms with van der Waals surface area (Å²) in [7, 11) is 3.19. The van der Waals surface area contributed by atoms with E-state index in [4.69, 9.17) is 9.47 Å². The number of likely N-dealkylation sites (N-methyl/N-ethyl adjacent to an activating group) is 1. The molecule has 3 rings (SSSR count). The van der Waals surface area contributed by atoms with Gasteiger partial charge < -0.3 is 14.4 Å². The van der Waals surface area contributed by atoms with E-state index >= 15 is 0 Å². The van der Waals surface area contributed by atoms with E-state index in [9.17, 15) is 4.79 Å². The van der Waals surface area contributed by atoms with E-state index in [1.165, 1.54) is 6.08 Å². The minimum atomic E-state index is -0.0905. The fourth-order valence-electron chi connectivity index (χ4n) is 2.86. The van der Waals surface area contributed by atoms with Gasteiger partial charge in [0.1, 0.15) is 0 Å². The maximum Gasteiger partial charge on any atom is 0.246 e. The number of carbonyl (C=O) groups excluding carboxylic acids is 1. The van der Waals surface area contributed by atoms with Crippen LogP contribution in [0.1, 0.15) is 18.2 Å². The Hall–Kier alpha value is -3.41. The number of nitrogens with zero attached hydrogens (tertiary/aromatic N) is 3. The number of benzene rings is 2. The first-order valence-electron chi connectivity index (χ1n) is 9.04. The highest BCUT2D eigenvalue weighted by molar-refractivity contribution is 5.91. The van der Waals surface area contributed by atoms with E-state index in [1.54, 1.807) is 31.4 Å². The van der Waals surface area contributed by atoms with Crippen molar-refractivity contribution in [1.29, 1.82) is 0 Å². The Kier molecular flexibility index (Phi) is 6.22. The Labute approximate surface area is 164 Å². The van der Waals surface area contributed by atoms with Crippen molar-refractivity contribution in [3.05, 3.63) is 66.0 Å². The van der Waals surface area contributed by atoms with Gasteiger partial charge in [-0.1, -0.05) is 18.2 Å². The van der Waals surface area contributed by atoms with Crippen molar-refractivity contribution in [3.63, 3.8) is 0 Å². The summed E-state index contributed by atoms with van der Waals surface area (Å²) in [6.45, 7) is 3.01. The van der Waals surface area contributed by atoms with Crippen LogP contribution in [-0.2, 0) is 11.3 Å². The molecule has 0 aliphatic carbocycles. The van der Waals surface area contributed by atoms with Crippen LogP contribution in [0, 0.1) is 0 Å². The van der Waals surface area contributed by atoms with E-state index in [0.717, 1.165) is 16.6 Å². The Morgan fingerprint density at radius 3 is 2.54 bits per heavy atom. The van der Waals surface area contributed by atoms with E-state index in [2.05, 4.69) is 9.97 Å². The number of aromatic nitrogens is 2. The van der Waals surface area contributed by atoms with Crippen molar-refractivity contribution < 1.29 is 14.3 Å². The standard InChI is InChI=1S/C22H23N3O3/c1-4-25(15-16-9-11-20(27-2)21(13-16)28-3)22(26)12-10-17-14-23-18-7-5-6-8-19(18)24-17/h5-14H,4,15H2,1-3H3/b12-10+. The molecule has 1 aromatic heterocycles. The highest BCUT2D eigenvalue weighted by atomic mass is 16.5. The molecular formula is C22H23N3O3. The quantitative estimate of drug-likeness (QED) is 0.587. The third kappa shape index (κ3) is 4.46. The zero-order valence-electron chi connectivity index (χ0n) is 16.3. The van der Waals surface area contributed by atoms with Gasteiger partial charge in [0.05, 0.1) is 37.1 Å². The van der Waals surface area contributed by atoms with Gasteiger partial charge in [-0.2, -0.15) is 0 Å². The molecule has 1 amide bonds. The van der Waals surface area contributed by atoms with Crippen molar-refractivity contribution in [2.45, 2.75) is 13.5 Å². The van der Waals surface area contributed by atoms with Crippen LogP contribution in [0.4, 0.5) is 0 Å². The molecule has 0 saturated carbocycles. The van der Waals surface area contributed by atoms with Crippen molar-refractivity contribution >= 4 is 23.0 Å². The largest absolute Gasteiger partial charge is 0.493 e. The van der Waals surface area contributed by atoms with Gasteiger partial charge in [-0.3, -0.25) is 9.78 Å². The van der Waals surface area contributed by atoms with E-state index in [-0.39, 0.29) is 5.91 Å². The van der Waals surface area contributed by atoms with Gasteiger partial charge >= 0.3 is 0 Å². The van der Waals surface area contributed by atoms with E-state index in [1.807, 2.05) is 49.4 Å². The lowest BCUT2D eigenvalue weighted by Gasteiger charge is -2.20. The average Bonchev–Trinajstić information content (AvgIpc) is 2.75. The lowest BCUT2D eigenvalue weighted by molar-refractivity contribution is -0.126. The third-order valence-electron chi connectivity index (χ3n) is 4.38. The van der Waals surface area contributed by atoms with Crippen molar-refractivity contribution in [2.24, 2.45) is 0 Å². The second-order valence-corrected chi connectivity index (χ2v) is 6.16. The molecule has 3 aromatic rings. The summed E-state index contributed by atoms with van der Waals surface area (Å²) in [5, 5.41) is 0. The summed E-state index contributed by atoms with van der Waals surface area (Å²) in [6, 6.07) is 13.3. The van der Waals surface area contributed by atoms with Crippen molar-refractivity contribution in [3.8, 4) is 11.5 Å². The van der Waals surface area contributed by atoms with Crippen molar-refractivity contribution in [2.75, 3.05) is 20.8 Å². The summed E-state index contributed by atoms with van der Waals surface area (Å²) in [5.74, 6) is 1.22. The smallest absolute Gasteiger partial charge is 0.246 e. The number of fused-ring (bicyclic) bond motifs is 1. The lowest BCUT2D eigenvalue weighted by Crippen LogP contribution is -2.28. The molecule has 144 valence electrons. The zero-order chi connectivity index (χ0) is 19.9. The highest BCUT2D eigenvalue weighted by Crippen LogP contribution is 2.28. The monoisotopic (exact) mass is 377 g/mol. The predicted octanol–water partition coefficient (Wildman–Crippen LogP) is 3.71. The molecular weight excluding hydrogens is 354 g/mol. The normalized spacial score (nSPS) is 11.0. The van der Waals surface area contributed by atoms with E-state index < -0.39 is 0 Å². The molecule has 0 radical (unpaired) electrons. The summed E-state index contributed by atoms with van der Waals surface area (Å²) < 4.78 is 10.6. The summed E-state index contributed by atoms with van der Waals surface area (Å²) in [5.41, 5.74) is 3.24. The summed E-state index contributed by atoms with van der Waals surface area (Å²) in [4.78, 5) is 23.2. The molecule has 6 heteroatoms. The molecule has 2 aromatic carbocycles. The first-order chi connectivity index (χ1) is 13.6. The van der Waals surface area contributed by atoms with Gasteiger partial charge in [0.15, 0.2) is 11.5 Å². The van der Waals surface area contributed by atoms with E-state index in [0.29, 0.717) is 30.3 Å². The van der Waals surface area contributed by atoms with Crippen LogP contribution in [0.2, 0.25) is 0 Å². The van der Waals surface area contributed by atoms with Crippen LogP contribution in [0.25, 0.3) is 17.1 Å². The van der Waals surface area contributed by atoms with Crippen LogP contribution in [0.3, 0.4) is 0 Å². The predicted molar refractivity (Wildman–Crippen MR) is 109 cm³/mol. The molecule has 1 heterocycles. The van der Waals surface area contributed by atoms with Crippen molar-refractivity contribution in [1.82, 2.24) is 14.9 Å². The molecule has 6 nitrogen and oxygen atoms in total. The topological polar surface area (TPSA) is 64.6 Å². The number of amides is 1. The molecule has 28 heavy (non-hydrogen) atoms. The fraction of sp³-hybridized carbons (Fsp3) is 0.227. The number of methoxy groups -OCH3 is 2. The number of hydrogen-bond donors (Lipinski definition) is 0. The minimum Gasteiger partial charge on any atom is -0.493 e. The minimum absolute atomic E-state index is 0.0905. The van der Waals surface area contributed by atoms with Crippen LogP contribution < -0.4 is 9.47 Å². The third-order valence-corrected chi connectivity index (χ3v) is 4.38. The maximum absolute atomic E-state index is 12.6. The first-order valence-corrected chi connectivity index (χ1v) is 9.04. The molecule has 0 aliphatic heterocycles. The first kappa shape index (κ1) is 19.4. The Bertz CT molecular complexity index is 1000. The summed E-state index contributed by atoms with van der Waals surface area (Å²) in [6.07, 6.45) is 4.89. The Morgan fingerprint density at radius 2 is 1.82 bits per heavy atom. The van der Waals surface area contributed by atoms with Gasteiger partial charge in [0, 0.05) is 19.2 Å². The van der Waals surface area contributed by atoms with Crippen LogP contribution in [0.5, 0.6) is 11.5 Å². The van der Waals surface area contributed by atoms with Crippen LogP contribution >= 0.6 is 0 Å². The number of carbonyl (C=O) groups is 1. The average molecular weight is 377 g/mol. The Morgan fingerprint density at radius 1 is 1.07 bits per heavy atom.